The summed E-state index contributed by atoms with van der Waals surface area (Å²) < 4.78 is 5.66. The highest BCUT2D eigenvalue weighted by Gasteiger charge is 2.30. The largest absolute Gasteiger partial charge is 0.468 e. The van der Waals surface area contributed by atoms with E-state index in [-0.39, 0.29) is 6.04 Å². The zero-order chi connectivity index (χ0) is 13.7. The predicted molar refractivity (Wildman–Crippen MR) is 78.3 cm³/mol. The lowest BCUT2D eigenvalue weighted by Gasteiger charge is -2.34. The van der Waals surface area contributed by atoms with E-state index in [1.807, 2.05) is 6.07 Å². The first-order valence-corrected chi connectivity index (χ1v) is 7.38. The van der Waals surface area contributed by atoms with Crippen LogP contribution in [0.15, 0.2) is 22.8 Å². The van der Waals surface area contributed by atoms with Crippen molar-refractivity contribution >= 4 is 0 Å². The van der Waals surface area contributed by atoms with Gasteiger partial charge < -0.3 is 19.5 Å². The third-order valence-electron chi connectivity index (χ3n) is 3.96. The van der Waals surface area contributed by atoms with E-state index in [2.05, 4.69) is 42.2 Å². The molecule has 2 atom stereocenters. The molecule has 1 aromatic rings. The van der Waals surface area contributed by atoms with Crippen molar-refractivity contribution in [3.05, 3.63) is 24.2 Å². The molecular weight excluding hydrogens is 238 g/mol. The molecule has 2 unspecified atom stereocenters. The van der Waals surface area contributed by atoms with Gasteiger partial charge in [0.1, 0.15) is 5.76 Å². The molecule has 1 saturated heterocycles. The van der Waals surface area contributed by atoms with E-state index in [4.69, 9.17) is 4.42 Å². The second kappa shape index (κ2) is 7.08. The normalized spacial score (nSPS) is 24.3. The third kappa shape index (κ3) is 3.81. The summed E-state index contributed by atoms with van der Waals surface area (Å²) in [4.78, 5) is 4.90. The monoisotopic (exact) mass is 265 g/mol. The van der Waals surface area contributed by atoms with Crippen LogP contribution in [-0.2, 0) is 0 Å². The van der Waals surface area contributed by atoms with E-state index >= 15 is 0 Å². The van der Waals surface area contributed by atoms with E-state index in [1.165, 1.54) is 13.0 Å². The van der Waals surface area contributed by atoms with Crippen molar-refractivity contribution in [3.8, 4) is 0 Å². The van der Waals surface area contributed by atoms with Crippen LogP contribution in [0, 0.1) is 0 Å². The maximum absolute atomic E-state index is 5.66. The lowest BCUT2D eigenvalue weighted by atomic mass is 10.0. The summed E-state index contributed by atoms with van der Waals surface area (Å²) in [6, 6.07) is 4.81. The Morgan fingerprint density at radius 1 is 1.42 bits per heavy atom. The van der Waals surface area contributed by atoms with E-state index in [1.54, 1.807) is 6.26 Å². The molecule has 1 aromatic heterocycles. The summed E-state index contributed by atoms with van der Waals surface area (Å²) in [6.45, 7) is 6.65. The Morgan fingerprint density at radius 3 is 2.95 bits per heavy atom. The first-order valence-electron chi connectivity index (χ1n) is 7.38. The van der Waals surface area contributed by atoms with Crippen LogP contribution in [0.5, 0.6) is 0 Å². The summed E-state index contributed by atoms with van der Waals surface area (Å²) in [6.07, 6.45) is 4.15. The molecule has 108 valence electrons. The number of hydrogen-bond donors (Lipinski definition) is 1. The first-order chi connectivity index (χ1) is 9.22. The minimum Gasteiger partial charge on any atom is -0.468 e. The lowest BCUT2D eigenvalue weighted by molar-refractivity contribution is 0.165. The summed E-state index contributed by atoms with van der Waals surface area (Å²) in [5.74, 6) is 1.06. The zero-order valence-electron chi connectivity index (χ0n) is 12.4. The molecule has 0 aromatic carbocycles. The fourth-order valence-corrected chi connectivity index (χ4v) is 2.86. The molecule has 19 heavy (non-hydrogen) atoms. The van der Waals surface area contributed by atoms with Crippen molar-refractivity contribution in [1.29, 1.82) is 0 Å². The Balaban J connectivity index is 2.15. The summed E-state index contributed by atoms with van der Waals surface area (Å²) >= 11 is 0. The van der Waals surface area contributed by atoms with Crippen molar-refractivity contribution < 1.29 is 4.42 Å². The van der Waals surface area contributed by atoms with Crippen molar-refractivity contribution in [2.45, 2.75) is 31.8 Å². The highest BCUT2D eigenvalue weighted by molar-refractivity contribution is 5.08. The summed E-state index contributed by atoms with van der Waals surface area (Å²) in [7, 11) is 4.44. The van der Waals surface area contributed by atoms with Crippen molar-refractivity contribution in [2.24, 2.45) is 0 Å². The van der Waals surface area contributed by atoms with Gasteiger partial charge in [0.2, 0.25) is 0 Å². The Kier molecular flexibility index (Phi) is 5.43. The third-order valence-corrected chi connectivity index (χ3v) is 3.96. The average Bonchev–Trinajstić information content (AvgIpc) is 2.86. The van der Waals surface area contributed by atoms with E-state index in [0.717, 1.165) is 31.8 Å². The molecule has 2 heterocycles. The Bertz CT molecular complexity index is 352. The molecule has 4 nitrogen and oxygen atoms in total. The van der Waals surface area contributed by atoms with Gasteiger partial charge in [-0.3, -0.25) is 0 Å². The lowest BCUT2D eigenvalue weighted by Crippen LogP contribution is -2.47. The van der Waals surface area contributed by atoms with Gasteiger partial charge in [-0.1, -0.05) is 6.92 Å². The van der Waals surface area contributed by atoms with Crippen molar-refractivity contribution in [2.75, 3.05) is 40.3 Å². The number of likely N-dealkylation sites (N-methyl/N-ethyl adjacent to an activating group) is 2. The Morgan fingerprint density at radius 2 is 2.26 bits per heavy atom. The molecule has 0 saturated carbocycles. The predicted octanol–water partition coefficient (Wildman–Crippen LogP) is 1.96. The van der Waals surface area contributed by atoms with E-state index < -0.39 is 0 Å². The standard InChI is InChI=1S/C15H27N3O/c1-4-8-16-15(14-7-5-11-19-14)13-12-17(2)9-6-10-18(13)3/h5,7,11,13,15-16H,4,6,8-10,12H2,1-3H3. The minimum atomic E-state index is 0.278. The van der Waals surface area contributed by atoms with E-state index in [9.17, 15) is 0 Å². The minimum absolute atomic E-state index is 0.278. The smallest absolute Gasteiger partial charge is 0.122 e. The van der Waals surface area contributed by atoms with Crippen LogP contribution in [0.1, 0.15) is 31.6 Å². The zero-order valence-corrected chi connectivity index (χ0v) is 12.4. The van der Waals surface area contributed by atoms with Gasteiger partial charge in [-0.05, 0) is 58.7 Å². The van der Waals surface area contributed by atoms with Crippen LogP contribution in [0.2, 0.25) is 0 Å². The quantitative estimate of drug-likeness (QED) is 0.882. The number of furan rings is 1. The van der Waals surface area contributed by atoms with Crippen molar-refractivity contribution in [1.82, 2.24) is 15.1 Å². The average molecular weight is 265 g/mol. The van der Waals surface area contributed by atoms with Gasteiger partial charge in [-0.25, -0.2) is 0 Å². The maximum atomic E-state index is 5.66. The summed E-state index contributed by atoms with van der Waals surface area (Å²) in [5, 5.41) is 3.66. The number of nitrogens with one attached hydrogen (secondary N) is 1. The van der Waals surface area contributed by atoms with Gasteiger partial charge in [-0.2, -0.15) is 0 Å². The fourth-order valence-electron chi connectivity index (χ4n) is 2.86. The van der Waals surface area contributed by atoms with Crippen molar-refractivity contribution in [3.63, 3.8) is 0 Å². The molecule has 0 amide bonds. The van der Waals surface area contributed by atoms with Crippen LogP contribution in [0.25, 0.3) is 0 Å². The highest BCUT2D eigenvalue weighted by Crippen LogP contribution is 2.23. The SMILES string of the molecule is CCCNC(c1ccco1)C1CN(C)CCCN1C. The van der Waals surface area contributed by atoms with Crippen LogP contribution in [0.4, 0.5) is 0 Å². The summed E-state index contributed by atoms with van der Waals surface area (Å²) in [5.41, 5.74) is 0. The van der Waals surface area contributed by atoms with Crippen LogP contribution >= 0.6 is 0 Å². The van der Waals surface area contributed by atoms with Gasteiger partial charge >= 0.3 is 0 Å². The molecule has 1 N–H and O–H groups in total. The number of nitrogens with zero attached hydrogens (tertiary/aromatic N) is 2. The van der Waals surface area contributed by atoms with Gasteiger partial charge in [0, 0.05) is 12.6 Å². The molecule has 0 aliphatic carbocycles. The Hall–Kier alpha value is -0.840. The van der Waals surface area contributed by atoms with Crippen LogP contribution < -0.4 is 5.32 Å². The maximum Gasteiger partial charge on any atom is 0.122 e. The molecule has 1 aliphatic heterocycles. The molecule has 4 heteroatoms. The Labute approximate surface area is 116 Å². The fraction of sp³-hybridized carbons (Fsp3) is 0.733. The molecule has 0 spiro atoms. The number of hydrogen-bond acceptors (Lipinski definition) is 4. The van der Waals surface area contributed by atoms with Gasteiger partial charge in [0.05, 0.1) is 12.3 Å². The van der Waals surface area contributed by atoms with Gasteiger partial charge in [-0.15, -0.1) is 0 Å². The topological polar surface area (TPSA) is 31.7 Å². The van der Waals surface area contributed by atoms with Gasteiger partial charge in [0.15, 0.2) is 0 Å². The molecular formula is C15H27N3O. The van der Waals surface area contributed by atoms with E-state index in [0.29, 0.717) is 6.04 Å². The molecule has 1 aliphatic rings. The molecule has 0 bridgehead atoms. The molecule has 0 radical (unpaired) electrons. The van der Waals surface area contributed by atoms with Crippen LogP contribution in [0.3, 0.4) is 0 Å². The highest BCUT2D eigenvalue weighted by atomic mass is 16.3. The second-order valence-electron chi connectivity index (χ2n) is 5.61. The number of rotatable bonds is 5. The first kappa shape index (κ1) is 14.6. The molecule has 1 fully saturated rings. The molecule has 2 rings (SSSR count). The van der Waals surface area contributed by atoms with Crippen LogP contribution in [-0.4, -0.2) is 56.1 Å². The second-order valence-corrected chi connectivity index (χ2v) is 5.61. The van der Waals surface area contributed by atoms with Gasteiger partial charge in [0.25, 0.3) is 0 Å².